The Morgan fingerprint density at radius 3 is 2.67 bits per heavy atom. The summed E-state index contributed by atoms with van der Waals surface area (Å²) in [5, 5.41) is 2.90. The van der Waals surface area contributed by atoms with Gasteiger partial charge in [-0.1, -0.05) is 35.9 Å². The predicted molar refractivity (Wildman–Crippen MR) is 82.3 cm³/mol. The molecular formula is C17H17N3O. The molecule has 0 unspecified atom stereocenters. The van der Waals surface area contributed by atoms with Gasteiger partial charge in [0.05, 0.1) is 0 Å². The minimum Gasteiger partial charge on any atom is -0.347 e. The average Bonchev–Trinajstić information content (AvgIpc) is 2.92. The molecule has 3 rings (SSSR count). The Morgan fingerprint density at radius 1 is 1.19 bits per heavy atom. The zero-order valence-corrected chi connectivity index (χ0v) is 12.1. The molecule has 2 aromatic heterocycles. The van der Waals surface area contributed by atoms with Crippen LogP contribution in [0.25, 0.3) is 5.65 Å². The Hall–Kier alpha value is -2.62. The van der Waals surface area contributed by atoms with Gasteiger partial charge >= 0.3 is 0 Å². The van der Waals surface area contributed by atoms with Gasteiger partial charge in [-0.05, 0) is 31.0 Å². The van der Waals surface area contributed by atoms with Gasteiger partial charge in [0.2, 0.25) is 0 Å². The Kier molecular flexibility index (Phi) is 3.44. The molecule has 0 saturated carbocycles. The minimum atomic E-state index is -0.154. The van der Waals surface area contributed by atoms with Crippen molar-refractivity contribution in [1.29, 1.82) is 0 Å². The van der Waals surface area contributed by atoms with Gasteiger partial charge in [0, 0.05) is 18.9 Å². The molecule has 0 fully saturated rings. The molecule has 4 heteroatoms. The second-order valence-corrected chi connectivity index (χ2v) is 5.22. The normalized spacial score (nSPS) is 10.8. The second kappa shape index (κ2) is 5.40. The number of carbonyl (C=O) groups is 1. The molecule has 0 bridgehead atoms. The lowest BCUT2D eigenvalue weighted by Gasteiger charge is -2.03. The quantitative estimate of drug-likeness (QED) is 0.801. The van der Waals surface area contributed by atoms with Crippen LogP contribution in [0.5, 0.6) is 0 Å². The number of fused-ring (bicyclic) bond motifs is 1. The van der Waals surface area contributed by atoms with Crippen LogP contribution in [-0.2, 0) is 6.54 Å². The Balaban J connectivity index is 1.75. The van der Waals surface area contributed by atoms with Gasteiger partial charge in [-0.2, -0.15) is 0 Å². The van der Waals surface area contributed by atoms with E-state index in [1.54, 1.807) is 6.20 Å². The van der Waals surface area contributed by atoms with E-state index in [-0.39, 0.29) is 5.91 Å². The van der Waals surface area contributed by atoms with Crippen molar-refractivity contribution in [3.05, 3.63) is 71.2 Å². The first-order valence-corrected chi connectivity index (χ1v) is 6.91. The van der Waals surface area contributed by atoms with Gasteiger partial charge in [0.25, 0.3) is 5.91 Å². The molecule has 0 aliphatic carbocycles. The molecule has 0 saturated heterocycles. The Labute approximate surface area is 123 Å². The summed E-state index contributed by atoms with van der Waals surface area (Å²) in [5.41, 5.74) is 4.60. The number of rotatable bonds is 3. The lowest BCUT2D eigenvalue weighted by atomic mass is 10.1. The van der Waals surface area contributed by atoms with Crippen molar-refractivity contribution >= 4 is 11.6 Å². The molecule has 1 N–H and O–H groups in total. The zero-order valence-electron chi connectivity index (χ0n) is 12.1. The smallest absolute Gasteiger partial charge is 0.271 e. The van der Waals surface area contributed by atoms with Crippen LogP contribution in [0, 0.1) is 13.8 Å². The molecule has 1 amide bonds. The molecule has 0 spiro atoms. The highest BCUT2D eigenvalue weighted by atomic mass is 16.1. The topological polar surface area (TPSA) is 46.4 Å². The van der Waals surface area contributed by atoms with Crippen LogP contribution in [0.3, 0.4) is 0 Å². The van der Waals surface area contributed by atoms with Crippen LogP contribution in [0.1, 0.15) is 27.2 Å². The molecule has 0 aliphatic rings. The fourth-order valence-corrected chi connectivity index (χ4v) is 2.24. The van der Waals surface area contributed by atoms with E-state index >= 15 is 0 Å². The van der Waals surface area contributed by atoms with Gasteiger partial charge in [0.1, 0.15) is 11.3 Å². The minimum absolute atomic E-state index is 0.154. The van der Waals surface area contributed by atoms with Crippen molar-refractivity contribution in [1.82, 2.24) is 14.7 Å². The monoisotopic (exact) mass is 279 g/mol. The number of hydrogen-bond donors (Lipinski definition) is 1. The summed E-state index contributed by atoms with van der Waals surface area (Å²) in [5.74, 6) is -0.154. The lowest BCUT2D eigenvalue weighted by Crippen LogP contribution is -2.23. The van der Waals surface area contributed by atoms with Crippen LogP contribution in [0.4, 0.5) is 0 Å². The number of hydrogen-bond acceptors (Lipinski definition) is 2. The summed E-state index contributed by atoms with van der Waals surface area (Å²) in [6.07, 6.45) is 3.65. The summed E-state index contributed by atoms with van der Waals surface area (Å²) in [7, 11) is 0. The van der Waals surface area contributed by atoms with Gasteiger partial charge < -0.3 is 9.72 Å². The summed E-state index contributed by atoms with van der Waals surface area (Å²) in [6, 6.07) is 12.0. The number of aryl methyl sites for hydroxylation is 2. The highest BCUT2D eigenvalue weighted by molar-refractivity contribution is 5.92. The number of carbonyl (C=O) groups excluding carboxylic acids is 1. The van der Waals surface area contributed by atoms with Crippen LogP contribution >= 0.6 is 0 Å². The molecule has 21 heavy (non-hydrogen) atoms. The first-order chi connectivity index (χ1) is 10.1. The summed E-state index contributed by atoms with van der Waals surface area (Å²) >= 11 is 0. The molecule has 2 heterocycles. The van der Waals surface area contributed by atoms with E-state index in [1.165, 1.54) is 5.56 Å². The number of imidazole rings is 1. The molecule has 106 valence electrons. The van der Waals surface area contributed by atoms with Crippen LogP contribution in [0.15, 0.2) is 48.8 Å². The Morgan fingerprint density at radius 2 is 1.95 bits per heavy atom. The van der Waals surface area contributed by atoms with Crippen molar-refractivity contribution in [2.75, 3.05) is 0 Å². The third kappa shape index (κ3) is 2.79. The predicted octanol–water partition coefficient (Wildman–Crippen LogP) is 2.88. The number of aromatic nitrogens is 2. The molecule has 3 aromatic rings. The van der Waals surface area contributed by atoms with Crippen molar-refractivity contribution in [2.24, 2.45) is 0 Å². The molecular weight excluding hydrogens is 262 g/mol. The maximum atomic E-state index is 12.2. The van der Waals surface area contributed by atoms with Gasteiger partial charge in [-0.15, -0.1) is 0 Å². The lowest BCUT2D eigenvalue weighted by molar-refractivity contribution is 0.0946. The molecule has 0 aliphatic heterocycles. The van der Waals surface area contributed by atoms with E-state index in [1.807, 2.05) is 60.8 Å². The number of benzene rings is 1. The van der Waals surface area contributed by atoms with E-state index in [0.29, 0.717) is 12.2 Å². The number of pyridine rings is 1. The molecule has 0 radical (unpaired) electrons. The summed E-state index contributed by atoms with van der Waals surface area (Å²) in [6.45, 7) is 4.53. The van der Waals surface area contributed by atoms with Crippen LogP contribution in [0.2, 0.25) is 0 Å². The maximum Gasteiger partial charge on any atom is 0.271 e. The standard InChI is InChI=1S/C17H17N3O/c1-12-5-7-14(8-6-12)10-18-17(21)15-11-20-9-3-4-13(2)16(20)19-15/h3-9,11H,10H2,1-2H3,(H,18,21). The third-order valence-corrected chi connectivity index (χ3v) is 3.48. The molecule has 4 nitrogen and oxygen atoms in total. The first-order valence-electron chi connectivity index (χ1n) is 6.91. The number of nitrogens with one attached hydrogen (secondary N) is 1. The van der Waals surface area contributed by atoms with E-state index in [0.717, 1.165) is 16.8 Å². The van der Waals surface area contributed by atoms with Gasteiger partial charge in [-0.3, -0.25) is 4.79 Å². The van der Waals surface area contributed by atoms with Crippen molar-refractivity contribution in [2.45, 2.75) is 20.4 Å². The SMILES string of the molecule is Cc1ccc(CNC(=O)c2cn3cccc(C)c3n2)cc1. The van der Waals surface area contributed by atoms with Crippen LogP contribution < -0.4 is 5.32 Å². The van der Waals surface area contributed by atoms with Crippen molar-refractivity contribution in [3.63, 3.8) is 0 Å². The van der Waals surface area contributed by atoms with Crippen LogP contribution in [-0.4, -0.2) is 15.3 Å². The second-order valence-electron chi connectivity index (χ2n) is 5.22. The fourth-order valence-electron chi connectivity index (χ4n) is 2.24. The van der Waals surface area contributed by atoms with Crippen molar-refractivity contribution in [3.8, 4) is 0 Å². The molecule has 1 aromatic carbocycles. The number of nitrogens with zero attached hydrogens (tertiary/aromatic N) is 2. The first kappa shape index (κ1) is 13.4. The third-order valence-electron chi connectivity index (χ3n) is 3.48. The summed E-state index contributed by atoms with van der Waals surface area (Å²) < 4.78 is 1.87. The Bertz CT molecular complexity index is 787. The average molecular weight is 279 g/mol. The molecule has 0 atom stereocenters. The highest BCUT2D eigenvalue weighted by Crippen LogP contribution is 2.10. The van der Waals surface area contributed by atoms with Gasteiger partial charge in [-0.25, -0.2) is 4.98 Å². The maximum absolute atomic E-state index is 12.2. The van der Waals surface area contributed by atoms with Gasteiger partial charge in [0.15, 0.2) is 0 Å². The van der Waals surface area contributed by atoms with E-state index in [2.05, 4.69) is 10.3 Å². The summed E-state index contributed by atoms with van der Waals surface area (Å²) in [4.78, 5) is 16.6. The van der Waals surface area contributed by atoms with E-state index in [4.69, 9.17) is 0 Å². The zero-order chi connectivity index (χ0) is 14.8. The van der Waals surface area contributed by atoms with E-state index < -0.39 is 0 Å². The highest BCUT2D eigenvalue weighted by Gasteiger charge is 2.11. The number of amides is 1. The van der Waals surface area contributed by atoms with E-state index in [9.17, 15) is 4.79 Å². The van der Waals surface area contributed by atoms with Crippen molar-refractivity contribution < 1.29 is 4.79 Å². The largest absolute Gasteiger partial charge is 0.347 e. The fraction of sp³-hybridized carbons (Fsp3) is 0.176.